The Balaban J connectivity index is 1.30. The Morgan fingerprint density at radius 2 is 1.81 bits per heavy atom. The highest BCUT2D eigenvalue weighted by molar-refractivity contribution is 5.79. The van der Waals surface area contributed by atoms with Crippen LogP contribution in [0.1, 0.15) is 30.4 Å². The number of hydrogen-bond acceptors (Lipinski definition) is 5. The number of carbonyl (C=O) groups excluding carboxylic acids is 2. The molecule has 0 aromatic heterocycles. The molecule has 3 saturated heterocycles. The van der Waals surface area contributed by atoms with Crippen molar-refractivity contribution >= 4 is 11.8 Å². The number of nitrogens with one attached hydrogen (secondary N) is 1. The number of ether oxygens (including phenoxy) is 2. The summed E-state index contributed by atoms with van der Waals surface area (Å²) in [6.45, 7) is 8.44. The van der Waals surface area contributed by atoms with E-state index in [9.17, 15) is 9.59 Å². The number of hydrogen-bond donors (Lipinski definition) is 1. The first-order valence-electron chi connectivity index (χ1n) is 11.6. The maximum Gasteiger partial charge on any atom is 0.227 e. The predicted molar refractivity (Wildman–Crippen MR) is 118 cm³/mol. The molecule has 7 nitrogen and oxygen atoms in total. The van der Waals surface area contributed by atoms with Crippen molar-refractivity contribution in [2.45, 2.75) is 38.1 Å². The van der Waals surface area contributed by atoms with E-state index < -0.39 is 0 Å². The summed E-state index contributed by atoms with van der Waals surface area (Å²) in [5, 5.41) is 3.21. The minimum absolute atomic E-state index is 0.0593. The van der Waals surface area contributed by atoms with Crippen LogP contribution in [0.4, 0.5) is 0 Å². The van der Waals surface area contributed by atoms with Gasteiger partial charge in [0.2, 0.25) is 11.8 Å². The molecule has 1 aromatic rings. The number of amides is 2. The highest BCUT2D eigenvalue weighted by Crippen LogP contribution is 2.28. The molecule has 1 aromatic carbocycles. The van der Waals surface area contributed by atoms with Crippen molar-refractivity contribution in [2.75, 3.05) is 59.2 Å². The highest BCUT2D eigenvalue weighted by Gasteiger charge is 2.42. The second kappa shape index (κ2) is 10.1. The van der Waals surface area contributed by atoms with Gasteiger partial charge < -0.3 is 19.7 Å². The Kier molecular flexibility index (Phi) is 7.25. The van der Waals surface area contributed by atoms with E-state index in [0.717, 1.165) is 63.2 Å². The van der Waals surface area contributed by atoms with Crippen LogP contribution in [0.2, 0.25) is 0 Å². The zero-order chi connectivity index (χ0) is 21.7. The van der Waals surface area contributed by atoms with E-state index in [4.69, 9.17) is 9.47 Å². The smallest absolute Gasteiger partial charge is 0.227 e. The first kappa shape index (κ1) is 22.2. The fourth-order valence-electron chi connectivity index (χ4n) is 4.97. The second-order valence-electron chi connectivity index (χ2n) is 9.10. The van der Waals surface area contributed by atoms with Crippen LogP contribution in [-0.2, 0) is 25.5 Å². The van der Waals surface area contributed by atoms with Crippen LogP contribution in [0.3, 0.4) is 0 Å². The van der Waals surface area contributed by atoms with Gasteiger partial charge in [0.15, 0.2) is 0 Å². The molecule has 3 aliphatic rings. The third-order valence-corrected chi connectivity index (χ3v) is 7.17. The maximum absolute atomic E-state index is 12.8. The number of benzene rings is 1. The van der Waals surface area contributed by atoms with Gasteiger partial charge in [-0.15, -0.1) is 0 Å². The van der Waals surface area contributed by atoms with E-state index >= 15 is 0 Å². The molecule has 0 radical (unpaired) electrons. The van der Waals surface area contributed by atoms with Gasteiger partial charge in [0.25, 0.3) is 0 Å². The van der Waals surface area contributed by atoms with E-state index in [-0.39, 0.29) is 23.3 Å². The number of rotatable bonds is 6. The SMILES string of the molecule is Cc1ccccc1CC(=O)N1CCN(C2(CNC(=O)C3CCOCC3)CCOC2)CC1. The van der Waals surface area contributed by atoms with E-state index in [1.54, 1.807) is 0 Å². The first-order chi connectivity index (χ1) is 15.1. The van der Waals surface area contributed by atoms with Crippen LogP contribution < -0.4 is 5.32 Å². The zero-order valence-corrected chi connectivity index (χ0v) is 18.6. The lowest BCUT2D eigenvalue weighted by Crippen LogP contribution is -2.62. The first-order valence-corrected chi connectivity index (χ1v) is 11.6. The minimum Gasteiger partial charge on any atom is -0.381 e. The topological polar surface area (TPSA) is 71.1 Å². The molecule has 4 rings (SSSR count). The Bertz CT molecular complexity index is 764. The average Bonchev–Trinajstić information content (AvgIpc) is 3.30. The molecule has 170 valence electrons. The van der Waals surface area contributed by atoms with Crippen LogP contribution in [0.25, 0.3) is 0 Å². The van der Waals surface area contributed by atoms with E-state index in [1.807, 2.05) is 23.1 Å². The monoisotopic (exact) mass is 429 g/mol. The summed E-state index contributed by atoms with van der Waals surface area (Å²) < 4.78 is 11.1. The number of aryl methyl sites for hydroxylation is 1. The molecule has 1 unspecified atom stereocenters. The lowest BCUT2D eigenvalue weighted by atomic mass is 9.93. The van der Waals surface area contributed by atoms with Gasteiger partial charge >= 0.3 is 0 Å². The van der Waals surface area contributed by atoms with Gasteiger partial charge in [-0.3, -0.25) is 14.5 Å². The molecule has 31 heavy (non-hydrogen) atoms. The fourth-order valence-corrected chi connectivity index (χ4v) is 4.97. The molecule has 1 atom stereocenters. The van der Waals surface area contributed by atoms with E-state index in [2.05, 4.69) is 23.2 Å². The van der Waals surface area contributed by atoms with Crippen molar-refractivity contribution in [1.82, 2.24) is 15.1 Å². The molecular weight excluding hydrogens is 394 g/mol. The largest absolute Gasteiger partial charge is 0.381 e. The van der Waals surface area contributed by atoms with Crippen LogP contribution in [0, 0.1) is 12.8 Å². The van der Waals surface area contributed by atoms with Crippen LogP contribution in [0.15, 0.2) is 24.3 Å². The summed E-state index contributed by atoms with van der Waals surface area (Å²) in [5.74, 6) is 0.393. The van der Waals surface area contributed by atoms with Gasteiger partial charge in [-0.25, -0.2) is 0 Å². The molecule has 0 aliphatic carbocycles. The molecule has 7 heteroatoms. The highest BCUT2D eigenvalue weighted by atomic mass is 16.5. The molecule has 0 saturated carbocycles. The average molecular weight is 430 g/mol. The lowest BCUT2D eigenvalue weighted by molar-refractivity contribution is -0.133. The molecule has 3 heterocycles. The zero-order valence-electron chi connectivity index (χ0n) is 18.6. The normalized spacial score (nSPS) is 25.5. The van der Waals surface area contributed by atoms with Crippen molar-refractivity contribution in [3.05, 3.63) is 35.4 Å². The Morgan fingerprint density at radius 3 is 2.48 bits per heavy atom. The van der Waals surface area contributed by atoms with Gasteiger partial charge in [-0.1, -0.05) is 24.3 Å². The van der Waals surface area contributed by atoms with Gasteiger partial charge in [0, 0.05) is 58.5 Å². The number of nitrogens with zero attached hydrogens (tertiary/aromatic N) is 2. The second-order valence-corrected chi connectivity index (χ2v) is 9.10. The number of carbonyl (C=O) groups is 2. The summed E-state index contributed by atoms with van der Waals surface area (Å²) >= 11 is 0. The lowest BCUT2D eigenvalue weighted by Gasteiger charge is -2.45. The maximum atomic E-state index is 12.8. The van der Waals surface area contributed by atoms with Crippen molar-refractivity contribution < 1.29 is 19.1 Å². The molecule has 2 amide bonds. The summed E-state index contributed by atoms with van der Waals surface area (Å²) in [5.41, 5.74) is 2.11. The molecule has 3 fully saturated rings. The van der Waals surface area contributed by atoms with Crippen LogP contribution >= 0.6 is 0 Å². The van der Waals surface area contributed by atoms with E-state index in [1.165, 1.54) is 0 Å². The number of piperazine rings is 1. The van der Waals surface area contributed by atoms with E-state index in [0.29, 0.717) is 32.8 Å². The quantitative estimate of drug-likeness (QED) is 0.740. The summed E-state index contributed by atoms with van der Waals surface area (Å²) in [6.07, 6.45) is 2.98. The summed E-state index contributed by atoms with van der Waals surface area (Å²) in [7, 11) is 0. The third kappa shape index (κ3) is 5.27. The predicted octanol–water partition coefficient (Wildman–Crippen LogP) is 1.38. The molecular formula is C24H35N3O4. The Hall–Kier alpha value is -1.96. The fraction of sp³-hybridized carbons (Fsp3) is 0.667. The van der Waals surface area contributed by atoms with Crippen molar-refractivity contribution in [1.29, 1.82) is 0 Å². The van der Waals surface area contributed by atoms with Crippen molar-refractivity contribution in [3.8, 4) is 0 Å². The molecule has 1 N–H and O–H groups in total. The van der Waals surface area contributed by atoms with Gasteiger partial charge in [0.05, 0.1) is 18.6 Å². The van der Waals surface area contributed by atoms with Crippen LogP contribution in [-0.4, -0.2) is 86.3 Å². The standard InChI is InChI=1S/C24H35N3O4/c1-19-4-2-3-5-21(19)16-22(28)26-9-11-27(12-10-26)24(8-15-31-18-24)17-25-23(29)20-6-13-30-14-7-20/h2-5,20H,6-18H2,1H3,(H,25,29). The third-order valence-electron chi connectivity index (χ3n) is 7.17. The van der Waals surface area contributed by atoms with Gasteiger partial charge in [-0.05, 0) is 37.3 Å². The van der Waals surface area contributed by atoms with Crippen LogP contribution in [0.5, 0.6) is 0 Å². The van der Waals surface area contributed by atoms with Gasteiger partial charge in [-0.2, -0.15) is 0 Å². The molecule has 3 aliphatic heterocycles. The Morgan fingerprint density at radius 1 is 1.06 bits per heavy atom. The molecule has 0 bridgehead atoms. The summed E-state index contributed by atoms with van der Waals surface area (Å²) in [4.78, 5) is 29.9. The Labute approximate surface area is 185 Å². The minimum atomic E-state index is -0.161. The molecule has 0 spiro atoms. The summed E-state index contributed by atoms with van der Waals surface area (Å²) in [6, 6.07) is 8.09. The van der Waals surface area contributed by atoms with Crippen molar-refractivity contribution in [3.63, 3.8) is 0 Å². The van der Waals surface area contributed by atoms with Crippen molar-refractivity contribution in [2.24, 2.45) is 5.92 Å². The van der Waals surface area contributed by atoms with Gasteiger partial charge in [0.1, 0.15) is 0 Å².